The maximum Gasteiger partial charge on any atom is 0.247 e. The van der Waals surface area contributed by atoms with Gasteiger partial charge in [0.2, 0.25) is 23.6 Å². The van der Waals surface area contributed by atoms with E-state index in [1.807, 2.05) is 84.9 Å². The van der Waals surface area contributed by atoms with Gasteiger partial charge in [0.1, 0.15) is 12.1 Å². The average Bonchev–Trinajstić information content (AvgIpc) is 3.49. The van der Waals surface area contributed by atoms with Crippen LogP contribution in [0, 0.1) is 0 Å². The predicted octanol–water partition coefficient (Wildman–Crippen LogP) is 6.30. The first-order valence-electron chi connectivity index (χ1n) is 17.4. The molecule has 7 rings (SSSR count). The zero-order chi connectivity index (χ0) is 33.7. The SMILES string of the molecule is O=C(Nc1ccc([C@H]2C[C@@H]2c2ccc(NC(=O)[C@@H]3CCCN3C(=O)Cc3ccccc3)cc2)cc1)[C@@H]1CCCN1C(=O)Cc1ccccc1. The predicted molar refractivity (Wildman–Crippen MR) is 190 cm³/mol. The third kappa shape index (κ3) is 7.59. The fraction of sp³-hybridized carbons (Fsp3) is 0.317. The summed E-state index contributed by atoms with van der Waals surface area (Å²) in [4.78, 5) is 55.8. The van der Waals surface area contributed by atoms with Crippen molar-refractivity contribution in [2.75, 3.05) is 23.7 Å². The van der Waals surface area contributed by atoms with Crippen LogP contribution in [-0.2, 0) is 32.0 Å². The van der Waals surface area contributed by atoms with E-state index in [1.54, 1.807) is 9.80 Å². The summed E-state index contributed by atoms with van der Waals surface area (Å²) in [6, 6.07) is 34.5. The first-order chi connectivity index (χ1) is 23.9. The normalized spacial score (nSPS) is 21.3. The number of hydrogen-bond donors (Lipinski definition) is 2. The van der Waals surface area contributed by atoms with Crippen LogP contribution in [0.3, 0.4) is 0 Å². The highest BCUT2D eigenvalue weighted by atomic mass is 16.2. The maximum absolute atomic E-state index is 13.2. The molecule has 49 heavy (non-hydrogen) atoms. The highest BCUT2D eigenvalue weighted by Gasteiger charge is 2.40. The Morgan fingerprint density at radius 3 is 1.31 bits per heavy atom. The van der Waals surface area contributed by atoms with E-state index in [9.17, 15) is 19.2 Å². The lowest BCUT2D eigenvalue weighted by atomic mass is 10.0. The van der Waals surface area contributed by atoms with E-state index < -0.39 is 12.1 Å². The standard InChI is InChI=1S/C41H42N4O4/c46-38(25-28-9-3-1-4-10-28)44-23-7-13-36(44)40(48)42-32-19-15-30(16-20-32)34-27-35(34)31-17-21-33(22-18-31)43-41(49)37-14-8-24-45(37)39(47)26-29-11-5-2-6-12-29/h1-6,9-12,15-22,34-37H,7-8,13-14,23-27H2,(H,42,48)(H,43,49)/t34-,35-,36+,37+/m1/s1. The van der Waals surface area contributed by atoms with Crippen molar-refractivity contribution in [1.82, 2.24) is 9.80 Å². The van der Waals surface area contributed by atoms with E-state index in [2.05, 4.69) is 34.9 Å². The molecule has 4 amide bonds. The fourth-order valence-corrected chi connectivity index (χ4v) is 7.43. The number of hydrogen-bond acceptors (Lipinski definition) is 4. The van der Waals surface area contributed by atoms with Gasteiger partial charge in [-0.25, -0.2) is 0 Å². The smallest absolute Gasteiger partial charge is 0.247 e. The molecule has 3 fully saturated rings. The number of nitrogens with one attached hydrogen (secondary N) is 2. The minimum Gasteiger partial charge on any atom is -0.330 e. The molecule has 2 N–H and O–H groups in total. The van der Waals surface area contributed by atoms with Gasteiger partial charge in [-0.1, -0.05) is 84.9 Å². The topological polar surface area (TPSA) is 98.8 Å². The molecule has 1 saturated carbocycles. The molecule has 4 atom stereocenters. The van der Waals surface area contributed by atoms with E-state index in [-0.39, 0.29) is 23.6 Å². The second-order valence-electron chi connectivity index (χ2n) is 13.5. The third-order valence-electron chi connectivity index (χ3n) is 10.2. The van der Waals surface area contributed by atoms with Gasteiger partial charge in [0.05, 0.1) is 12.8 Å². The van der Waals surface area contributed by atoms with E-state index in [1.165, 1.54) is 11.1 Å². The number of carbonyl (C=O) groups excluding carboxylic acids is 4. The molecular formula is C41H42N4O4. The van der Waals surface area contributed by atoms with Crippen molar-refractivity contribution in [3.05, 3.63) is 131 Å². The van der Waals surface area contributed by atoms with E-state index in [0.717, 1.165) is 41.8 Å². The van der Waals surface area contributed by atoms with Gasteiger partial charge >= 0.3 is 0 Å². The fourth-order valence-electron chi connectivity index (χ4n) is 7.43. The molecular weight excluding hydrogens is 612 g/mol. The van der Waals surface area contributed by atoms with Crippen molar-refractivity contribution in [2.24, 2.45) is 0 Å². The van der Waals surface area contributed by atoms with Crippen molar-refractivity contribution in [3.63, 3.8) is 0 Å². The van der Waals surface area contributed by atoms with Crippen LogP contribution in [0.25, 0.3) is 0 Å². The van der Waals surface area contributed by atoms with E-state index in [4.69, 9.17) is 0 Å². The summed E-state index contributed by atoms with van der Waals surface area (Å²) in [6.07, 6.45) is 4.63. The Morgan fingerprint density at radius 2 is 0.918 bits per heavy atom. The number of carbonyl (C=O) groups is 4. The van der Waals surface area contributed by atoms with Gasteiger partial charge in [0.15, 0.2) is 0 Å². The highest BCUT2D eigenvalue weighted by Crippen LogP contribution is 2.54. The minimum atomic E-state index is -0.448. The molecule has 8 nitrogen and oxygen atoms in total. The number of anilines is 2. The molecule has 3 aliphatic rings. The Balaban J connectivity index is 0.895. The van der Waals surface area contributed by atoms with Gasteiger partial charge in [-0.2, -0.15) is 0 Å². The Kier molecular flexibility index (Phi) is 9.55. The van der Waals surface area contributed by atoms with Gasteiger partial charge in [-0.15, -0.1) is 0 Å². The second-order valence-corrected chi connectivity index (χ2v) is 13.5. The minimum absolute atomic E-state index is 0.0131. The van der Waals surface area contributed by atoms with Crippen molar-refractivity contribution >= 4 is 35.0 Å². The summed E-state index contributed by atoms with van der Waals surface area (Å²) in [5, 5.41) is 6.07. The van der Waals surface area contributed by atoms with Gasteiger partial charge in [0.25, 0.3) is 0 Å². The average molecular weight is 655 g/mol. The van der Waals surface area contributed by atoms with Gasteiger partial charge in [-0.3, -0.25) is 19.2 Å². The monoisotopic (exact) mass is 654 g/mol. The van der Waals surface area contributed by atoms with Crippen LogP contribution in [0.5, 0.6) is 0 Å². The van der Waals surface area contributed by atoms with E-state index >= 15 is 0 Å². The summed E-state index contributed by atoms with van der Waals surface area (Å²) in [5.41, 5.74) is 5.82. The Bertz CT molecular complexity index is 1660. The summed E-state index contributed by atoms with van der Waals surface area (Å²) >= 11 is 0. The van der Waals surface area contributed by atoms with Gasteiger partial charge in [0, 0.05) is 24.5 Å². The molecule has 0 aromatic heterocycles. The van der Waals surface area contributed by atoms with Crippen molar-refractivity contribution in [1.29, 1.82) is 0 Å². The molecule has 0 spiro atoms. The van der Waals surface area contributed by atoms with Gasteiger partial charge < -0.3 is 20.4 Å². The van der Waals surface area contributed by atoms with Crippen LogP contribution in [0.15, 0.2) is 109 Å². The lowest BCUT2D eigenvalue weighted by Crippen LogP contribution is -2.43. The summed E-state index contributed by atoms with van der Waals surface area (Å²) in [6.45, 7) is 1.21. The lowest BCUT2D eigenvalue weighted by Gasteiger charge is -2.24. The largest absolute Gasteiger partial charge is 0.330 e. The molecule has 4 aromatic carbocycles. The molecule has 8 heteroatoms. The molecule has 250 valence electrons. The van der Waals surface area contributed by atoms with E-state index in [0.29, 0.717) is 50.6 Å². The highest BCUT2D eigenvalue weighted by molar-refractivity contribution is 5.98. The van der Waals surface area contributed by atoms with Crippen LogP contribution < -0.4 is 10.6 Å². The molecule has 0 unspecified atom stereocenters. The van der Waals surface area contributed by atoms with Crippen LogP contribution in [0.1, 0.15) is 66.2 Å². The van der Waals surface area contributed by atoms with Crippen molar-refractivity contribution < 1.29 is 19.2 Å². The molecule has 2 heterocycles. The first-order valence-corrected chi connectivity index (χ1v) is 17.4. The summed E-state index contributed by atoms with van der Waals surface area (Å²) in [5.74, 6) is 0.495. The maximum atomic E-state index is 13.2. The molecule has 1 aliphatic carbocycles. The number of rotatable bonds is 10. The number of benzene rings is 4. The number of likely N-dealkylation sites (tertiary alicyclic amines) is 2. The molecule has 4 aromatic rings. The van der Waals surface area contributed by atoms with Crippen molar-refractivity contribution in [3.8, 4) is 0 Å². The Morgan fingerprint density at radius 1 is 0.531 bits per heavy atom. The summed E-state index contributed by atoms with van der Waals surface area (Å²) in [7, 11) is 0. The number of amides is 4. The second kappa shape index (κ2) is 14.5. The molecule has 0 radical (unpaired) electrons. The van der Waals surface area contributed by atoms with Crippen molar-refractivity contribution in [2.45, 2.75) is 68.9 Å². The molecule has 2 saturated heterocycles. The van der Waals surface area contributed by atoms with Crippen LogP contribution >= 0.6 is 0 Å². The zero-order valence-corrected chi connectivity index (χ0v) is 27.6. The molecule has 0 bridgehead atoms. The van der Waals surface area contributed by atoms with Crippen LogP contribution in [-0.4, -0.2) is 58.6 Å². The zero-order valence-electron chi connectivity index (χ0n) is 27.6. The number of nitrogens with zero attached hydrogens (tertiary/aromatic N) is 2. The lowest BCUT2D eigenvalue weighted by molar-refractivity contribution is -0.136. The molecule has 2 aliphatic heterocycles. The first kappa shape index (κ1) is 32.3. The quantitative estimate of drug-likeness (QED) is 0.210. The summed E-state index contributed by atoms with van der Waals surface area (Å²) < 4.78 is 0. The van der Waals surface area contributed by atoms with Crippen LogP contribution in [0.2, 0.25) is 0 Å². The van der Waals surface area contributed by atoms with Crippen LogP contribution in [0.4, 0.5) is 11.4 Å². The Labute approximate surface area is 287 Å². The Hall–Kier alpha value is -5.24. The third-order valence-corrected chi connectivity index (χ3v) is 10.2. The van der Waals surface area contributed by atoms with Gasteiger partial charge in [-0.05, 0) is 90.5 Å².